The maximum atomic E-state index is 11.9. The van der Waals surface area contributed by atoms with E-state index in [1.807, 2.05) is 0 Å². The summed E-state index contributed by atoms with van der Waals surface area (Å²) >= 11 is 0. The standard InChI is InChI=1S/C15H29N3O/c1-18-10-6-14(7-11-18)12-17-15(19)3-2-13-4-8-16-9-5-13/h13-14,16H,2-12H2,1H3,(H,17,19). The highest BCUT2D eigenvalue weighted by molar-refractivity contribution is 5.75. The van der Waals surface area contributed by atoms with Crippen LogP contribution in [-0.2, 0) is 4.79 Å². The summed E-state index contributed by atoms with van der Waals surface area (Å²) in [6.45, 7) is 5.49. The molecule has 4 heteroatoms. The molecule has 2 N–H and O–H groups in total. The number of rotatable bonds is 5. The van der Waals surface area contributed by atoms with Crippen molar-refractivity contribution in [1.29, 1.82) is 0 Å². The number of piperidine rings is 2. The van der Waals surface area contributed by atoms with Crippen LogP contribution in [0.2, 0.25) is 0 Å². The zero-order valence-electron chi connectivity index (χ0n) is 12.3. The van der Waals surface area contributed by atoms with Gasteiger partial charge in [-0.25, -0.2) is 0 Å². The maximum absolute atomic E-state index is 11.9. The van der Waals surface area contributed by atoms with Gasteiger partial charge in [-0.15, -0.1) is 0 Å². The largest absolute Gasteiger partial charge is 0.356 e. The number of carbonyl (C=O) groups excluding carboxylic acids is 1. The Bertz CT molecular complexity index is 269. The molecule has 0 atom stereocenters. The first-order valence-corrected chi connectivity index (χ1v) is 7.90. The van der Waals surface area contributed by atoms with E-state index < -0.39 is 0 Å². The van der Waals surface area contributed by atoms with Crippen LogP contribution in [0.3, 0.4) is 0 Å². The van der Waals surface area contributed by atoms with Crippen LogP contribution in [0.4, 0.5) is 0 Å². The minimum Gasteiger partial charge on any atom is -0.356 e. The lowest BCUT2D eigenvalue weighted by Gasteiger charge is -2.29. The highest BCUT2D eigenvalue weighted by Gasteiger charge is 2.18. The third-order valence-corrected chi connectivity index (χ3v) is 4.66. The highest BCUT2D eigenvalue weighted by Crippen LogP contribution is 2.18. The van der Waals surface area contributed by atoms with E-state index in [0.717, 1.165) is 38.4 Å². The van der Waals surface area contributed by atoms with E-state index in [1.165, 1.54) is 38.8 Å². The lowest BCUT2D eigenvalue weighted by atomic mass is 9.93. The Balaban J connectivity index is 1.54. The molecule has 2 heterocycles. The molecule has 0 radical (unpaired) electrons. The van der Waals surface area contributed by atoms with Gasteiger partial charge in [-0.2, -0.15) is 0 Å². The second-order valence-corrected chi connectivity index (χ2v) is 6.28. The molecule has 4 nitrogen and oxygen atoms in total. The fraction of sp³-hybridized carbons (Fsp3) is 0.933. The number of amides is 1. The molecule has 0 saturated carbocycles. The third-order valence-electron chi connectivity index (χ3n) is 4.66. The summed E-state index contributed by atoms with van der Waals surface area (Å²) < 4.78 is 0. The van der Waals surface area contributed by atoms with Crippen LogP contribution in [0.25, 0.3) is 0 Å². The molecule has 0 aromatic carbocycles. The molecular formula is C15H29N3O. The summed E-state index contributed by atoms with van der Waals surface area (Å²) in [5.74, 6) is 1.71. The first-order chi connectivity index (χ1) is 9.24. The van der Waals surface area contributed by atoms with Crippen molar-refractivity contribution < 1.29 is 4.79 Å². The van der Waals surface area contributed by atoms with Gasteiger partial charge in [0.15, 0.2) is 0 Å². The Morgan fingerprint density at radius 2 is 1.84 bits per heavy atom. The van der Waals surface area contributed by atoms with Crippen LogP contribution in [0.1, 0.15) is 38.5 Å². The second-order valence-electron chi connectivity index (χ2n) is 6.28. The SMILES string of the molecule is CN1CCC(CNC(=O)CCC2CCNCC2)CC1. The Morgan fingerprint density at radius 3 is 2.53 bits per heavy atom. The van der Waals surface area contributed by atoms with Gasteiger partial charge in [-0.05, 0) is 77.2 Å². The van der Waals surface area contributed by atoms with Crippen molar-refractivity contribution in [3.8, 4) is 0 Å². The summed E-state index contributed by atoms with van der Waals surface area (Å²) in [5, 5.41) is 6.50. The molecule has 110 valence electrons. The van der Waals surface area contributed by atoms with Crippen LogP contribution in [-0.4, -0.2) is 50.6 Å². The van der Waals surface area contributed by atoms with Gasteiger partial charge in [0.05, 0.1) is 0 Å². The number of carbonyl (C=O) groups is 1. The van der Waals surface area contributed by atoms with E-state index in [4.69, 9.17) is 0 Å². The minimum atomic E-state index is 0.262. The molecule has 1 amide bonds. The molecule has 2 fully saturated rings. The van der Waals surface area contributed by atoms with Crippen LogP contribution in [0.5, 0.6) is 0 Å². The maximum Gasteiger partial charge on any atom is 0.220 e. The molecule has 2 rings (SSSR count). The van der Waals surface area contributed by atoms with E-state index in [1.54, 1.807) is 0 Å². The number of nitrogens with one attached hydrogen (secondary N) is 2. The predicted octanol–water partition coefficient (Wildman–Crippen LogP) is 1.22. The molecule has 0 unspecified atom stereocenters. The van der Waals surface area contributed by atoms with Gasteiger partial charge in [-0.1, -0.05) is 0 Å². The number of nitrogens with zero attached hydrogens (tertiary/aromatic N) is 1. The van der Waals surface area contributed by atoms with Gasteiger partial charge in [0, 0.05) is 13.0 Å². The molecule has 19 heavy (non-hydrogen) atoms. The average molecular weight is 267 g/mol. The summed E-state index contributed by atoms with van der Waals surface area (Å²) in [4.78, 5) is 14.2. The molecule has 0 spiro atoms. The van der Waals surface area contributed by atoms with Gasteiger partial charge in [0.25, 0.3) is 0 Å². The van der Waals surface area contributed by atoms with Crippen molar-refractivity contribution in [2.24, 2.45) is 11.8 Å². The van der Waals surface area contributed by atoms with E-state index in [0.29, 0.717) is 5.92 Å². The molecule has 2 saturated heterocycles. The molecule has 2 aliphatic heterocycles. The molecular weight excluding hydrogens is 238 g/mol. The first kappa shape index (κ1) is 14.8. The number of hydrogen-bond acceptors (Lipinski definition) is 3. The van der Waals surface area contributed by atoms with Crippen molar-refractivity contribution >= 4 is 5.91 Å². The van der Waals surface area contributed by atoms with Crippen molar-refractivity contribution in [3.05, 3.63) is 0 Å². The Labute approximate surface area is 117 Å². The normalized spacial score (nSPS) is 23.4. The lowest BCUT2D eigenvalue weighted by molar-refractivity contribution is -0.121. The molecule has 0 aliphatic carbocycles. The fourth-order valence-corrected chi connectivity index (χ4v) is 3.12. The van der Waals surface area contributed by atoms with E-state index in [2.05, 4.69) is 22.6 Å². The summed E-state index contributed by atoms with van der Waals surface area (Å²) in [7, 11) is 2.17. The van der Waals surface area contributed by atoms with E-state index in [9.17, 15) is 4.79 Å². The Hall–Kier alpha value is -0.610. The predicted molar refractivity (Wildman–Crippen MR) is 78.1 cm³/mol. The monoisotopic (exact) mass is 267 g/mol. The quantitative estimate of drug-likeness (QED) is 0.787. The van der Waals surface area contributed by atoms with Crippen molar-refractivity contribution in [1.82, 2.24) is 15.5 Å². The highest BCUT2D eigenvalue weighted by atomic mass is 16.1. The van der Waals surface area contributed by atoms with Gasteiger partial charge < -0.3 is 15.5 Å². The van der Waals surface area contributed by atoms with Gasteiger partial charge in [-0.3, -0.25) is 4.79 Å². The second kappa shape index (κ2) is 7.85. The average Bonchev–Trinajstić information content (AvgIpc) is 2.45. The van der Waals surface area contributed by atoms with Crippen LogP contribution in [0, 0.1) is 11.8 Å². The summed E-state index contributed by atoms with van der Waals surface area (Å²) in [6.07, 6.45) is 6.72. The van der Waals surface area contributed by atoms with Gasteiger partial charge in [0.2, 0.25) is 5.91 Å². The molecule has 0 bridgehead atoms. The summed E-state index contributed by atoms with van der Waals surface area (Å²) in [5.41, 5.74) is 0. The first-order valence-electron chi connectivity index (χ1n) is 7.90. The van der Waals surface area contributed by atoms with Crippen LogP contribution in [0.15, 0.2) is 0 Å². The van der Waals surface area contributed by atoms with Gasteiger partial charge >= 0.3 is 0 Å². The molecule has 0 aromatic heterocycles. The van der Waals surface area contributed by atoms with E-state index >= 15 is 0 Å². The molecule has 0 aromatic rings. The summed E-state index contributed by atoms with van der Waals surface area (Å²) in [6, 6.07) is 0. The zero-order chi connectivity index (χ0) is 13.5. The van der Waals surface area contributed by atoms with Crippen LogP contribution >= 0.6 is 0 Å². The van der Waals surface area contributed by atoms with Crippen molar-refractivity contribution in [2.45, 2.75) is 38.5 Å². The zero-order valence-corrected chi connectivity index (χ0v) is 12.3. The number of likely N-dealkylation sites (tertiary alicyclic amines) is 1. The molecule has 2 aliphatic rings. The van der Waals surface area contributed by atoms with Gasteiger partial charge in [0.1, 0.15) is 0 Å². The number of hydrogen-bond donors (Lipinski definition) is 2. The minimum absolute atomic E-state index is 0.262. The van der Waals surface area contributed by atoms with Crippen LogP contribution < -0.4 is 10.6 Å². The Morgan fingerprint density at radius 1 is 1.16 bits per heavy atom. The smallest absolute Gasteiger partial charge is 0.220 e. The fourth-order valence-electron chi connectivity index (χ4n) is 3.12. The third kappa shape index (κ3) is 5.49. The lowest BCUT2D eigenvalue weighted by Crippen LogP contribution is -2.37. The van der Waals surface area contributed by atoms with Crippen molar-refractivity contribution in [2.75, 3.05) is 39.8 Å². The van der Waals surface area contributed by atoms with Crippen molar-refractivity contribution in [3.63, 3.8) is 0 Å². The Kier molecular flexibility index (Phi) is 6.11. The topological polar surface area (TPSA) is 44.4 Å². The van der Waals surface area contributed by atoms with E-state index in [-0.39, 0.29) is 5.91 Å².